The number of rotatable bonds is 12. The Kier molecular flexibility index (Phi) is 10.6. The maximum absolute atomic E-state index is 5.85. The maximum atomic E-state index is 5.85. The van der Waals surface area contributed by atoms with E-state index in [4.69, 9.17) is 18.9 Å². The average molecular weight is 262 g/mol. The Hall–Kier alpha value is -0.160. The van der Waals surface area contributed by atoms with Gasteiger partial charge in [0.25, 0.3) is 0 Å². The number of ether oxygens (including phenoxy) is 4. The van der Waals surface area contributed by atoms with Crippen molar-refractivity contribution in [3.63, 3.8) is 0 Å². The van der Waals surface area contributed by atoms with E-state index in [-0.39, 0.29) is 6.29 Å². The molecule has 0 aliphatic rings. The minimum Gasteiger partial charge on any atom is -0.353 e. The molecule has 0 heterocycles. The molecular formula is C14H30O4. The molecule has 0 N–H and O–H groups in total. The predicted octanol–water partition coefficient (Wildman–Crippen LogP) is 3.35. The van der Waals surface area contributed by atoms with E-state index >= 15 is 0 Å². The van der Waals surface area contributed by atoms with Crippen LogP contribution in [0.4, 0.5) is 0 Å². The Morgan fingerprint density at radius 1 is 0.889 bits per heavy atom. The quantitative estimate of drug-likeness (QED) is 0.399. The van der Waals surface area contributed by atoms with Gasteiger partial charge in [-0.15, -0.1) is 0 Å². The van der Waals surface area contributed by atoms with E-state index in [0.29, 0.717) is 32.8 Å². The molecule has 0 aromatic heterocycles. The molecule has 0 amide bonds. The zero-order valence-corrected chi connectivity index (χ0v) is 12.7. The first-order chi connectivity index (χ1) is 8.61. The van der Waals surface area contributed by atoms with E-state index in [9.17, 15) is 0 Å². The van der Waals surface area contributed by atoms with Crippen LogP contribution in [0.2, 0.25) is 0 Å². The average Bonchev–Trinajstić information content (AvgIpc) is 2.30. The molecule has 1 unspecified atom stereocenters. The van der Waals surface area contributed by atoms with Crippen LogP contribution in [0.25, 0.3) is 0 Å². The Labute approximate surface area is 112 Å². The molecule has 0 rings (SSSR count). The van der Waals surface area contributed by atoms with Crippen molar-refractivity contribution in [2.24, 2.45) is 0 Å². The SMILES string of the molecule is CCCCOC(C)(CC(OCC)OCC)OCC. The van der Waals surface area contributed by atoms with Gasteiger partial charge in [0.05, 0.1) is 13.0 Å². The van der Waals surface area contributed by atoms with E-state index in [0.717, 1.165) is 12.8 Å². The molecule has 0 bridgehead atoms. The minimum atomic E-state index is -0.626. The first kappa shape index (κ1) is 17.8. The Morgan fingerprint density at radius 2 is 1.50 bits per heavy atom. The summed E-state index contributed by atoms with van der Waals surface area (Å²) in [6.07, 6.45) is 2.48. The van der Waals surface area contributed by atoms with E-state index < -0.39 is 5.79 Å². The zero-order chi connectivity index (χ0) is 13.9. The van der Waals surface area contributed by atoms with Gasteiger partial charge in [-0.1, -0.05) is 13.3 Å². The highest BCUT2D eigenvalue weighted by atomic mass is 16.7. The molecule has 18 heavy (non-hydrogen) atoms. The van der Waals surface area contributed by atoms with Crippen molar-refractivity contribution in [2.45, 2.75) is 66.0 Å². The van der Waals surface area contributed by atoms with Crippen LogP contribution in [-0.2, 0) is 18.9 Å². The molecule has 0 aliphatic heterocycles. The smallest absolute Gasteiger partial charge is 0.170 e. The monoisotopic (exact) mass is 262 g/mol. The molecule has 4 heteroatoms. The van der Waals surface area contributed by atoms with Crippen LogP contribution in [0.15, 0.2) is 0 Å². The largest absolute Gasteiger partial charge is 0.353 e. The Bertz CT molecular complexity index is 181. The molecule has 0 fully saturated rings. The van der Waals surface area contributed by atoms with Crippen molar-refractivity contribution >= 4 is 0 Å². The summed E-state index contributed by atoms with van der Waals surface area (Å²) < 4.78 is 22.7. The van der Waals surface area contributed by atoms with Gasteiger partial charge in [0.2, 0.25) is 0 Å². The van der Waals surface area contributed by atoms with Gasteiger partial charge < -0.3 is 18.9 Å². The van der Waals surface area contributed by atoms with Gasteiger partial charge in [0.1, 0.15) is 0 Å². The third kappa shape index (κ3) is 8.03. The summed E-state index contributed by atoms with van der Waals surface area (Å²) in [6, 6.07) is 0. The summed E-state index contributed by atoms with van der Waals surface area (Å²) in [7, 11) is 0. The van der Waals surface area contributed by atoms with Crippen LogP contribution in [0, 0.1) is 0 Å². The molecule has 0 aliphatic carbocycles. The molecule has 110 valence electrons. The van der Waals surface area contributed by atoms with Gasteiger partial charge in [-0.05, 0) is 34.1 Å². The second-order valence-corrected chi connectivity index (χ2v) is 4.31. The van der Waals surface area contributed by atoms with E-state index in [1.165, 1.54) is 0 Å². The lowest BCUT2D eigenvalue weighted by molar-refractivity contribution is -0.266. The molecule has 0 saturated heterocycles. The van der Waals surface area contributed by atoms with Gasteiger partial charge in [-0.25, -0.2) is 0 Å². The van der Waals surface area contributed by atoms with E-state index in [1.807, 2.05) is 27.7 Å². The molecule has 1 atom stereocenters. The Balaban J connectivity index is 4.33. The first-order valence-corrected chi connectivity index (χ1v) is 7.12. The molecule has 0 spiro atoms. The molecular weight excluding hydrogens is 232 g/mol. The van der Waals surface area contributed by atoms with Crippen molar-refractivity contribution in [2.75, 3.05) is 26.4 Å². The van der Waals surface area contributed by atoms with Crippen LogP contribution in [-0.4, -0.2) is 38.5 Å². The van der Waals surface area contributed by atoms with Crippen LogP contribution in [0.1, 0.15) is 53.9 Å². The van der Waals surface area contributed by atoms with Crippen LogP contribution < -0.4 is 0 Å². The van der Waals surface area contributed by atoms with Gasteiger partial charge in [0, 0.05) is 19.8 Å². The highest BCUT2D eigenvalue weighted by Gasteiger charge is 2.30. The molecule has 0 radical (unpaired) electrons. The van der Waals surface area contributed by atoms with Crippen molar-refractivity contribution in [3.8, 4) is 0 Å². The van der Waals surface area contributed by atoms with E-state index in [2.05, 4.69) is 6.92 Å². The predicted molar refractivity (Wildman–Crippen MR) is 72.5 cm³/mol. The van der Waals surface area contributed by atoms with Gasteiger partial charge in [-0.3, -0.25) is 0 Å². The molecule has 4 nitrogen and oxygen atoms in total. The normalized spacial score (nSPS) is 15.0. The third-order valence-corrected chi connectivity index (χ3v) is 2.60. The van der Waals surface area contributed by atoms with Gasteiger partial charge in [-0.2, -0.15) is 0 Å². The fraction of sp³-hybridized carbons (Fsp3) is 1.00. The maximum Gasteiger partial charge on any atom is 0.170 e. The van der Waals surface area contributed by atoms with Crippen molar-refractivity contribution in [3.05, 3.63) is 0 Å². The Morgan fingerprint density at radius 3 is 1.94 bits per heavy atom. The fourth-order valence-electron chi connectivity index (χ4n) is 1.74. The van der Waals surface area contributed by atoms with Gasteiger partial charge >= 0.3 is 0 Å². The molecule has 0 aromatic rings. The first-order valence-electron chi connectivity index (χ1n) is 7.12. The molecule has 0 aromatic carbocycles. The van der Waals surface area contributed by atoms with Crippen LogP contribution >= 0.6 is 0 Å². The number of hydrogen-bond donors (Lipinski definition) is 0. The summed E-state index contributed by atoms with van der Waals surface area (Å²) in [4.78, 5) is 0. The van der Waals surface area contributed by atoms with Crippen molar-refractivity contribution in [1.29, 1.82) is 0 Å². The third-order valence-electron chi connectivity index (χ3n) is 2.60. The second kappa shape index (κ2) is 10.7. The van der Waals surface area contributed by atoms with E-state index in [1.54, 1.807) is 0 Å². The zero-order valence-electron chi connectivity index (χ0n) is 12.7. The fourth-order valence-corrected chi connectivity index (χ4v) is 1.74. The summed E-state index contributed by atoms with van der Waals surface area (Å²) in [6.45, 7) is 12.6. The van der Waals surface area contributed by atoms with Crippen LogP contribution in [0.5, 0.6) is 0 Å². The van der Waals surface area contributed by atoms with Crippen LogP contribution in [0.3, 0.4) is 0 Å². The topological polar surface area (TPSA) is 36.9 Å². The summed E-state index contributed by atoms with van der Waals surface area (Å²) in [5.74, 6) is -0.626. The van der Waals surface area contributed by atoms with Crippen molar-refractivity contribution < 1.29 is 18.9 Å². The lowest BCUT2D eigenvalue weighted by atomic mass is 10.2. The number of unbranched alkanes of at least 4 members (excludes halogenated alkanes) is 1. The van der Waals surface area contributed by atoms with Crippen molar-refractivity contribution in [1.82, 2.24) is 0 Å². The summed E-state index contributed by atoms with van der Waals surface area (Å²) in [5, 5.41) is 0. The summed E-state index contributed by atoms with van der Waals surface area (Å²) >= 11 is 0. The highest BCUT2D eigenvalue weighted by Crippen LogP contribution is 2.22. The summed E-state index contributed by atoms with van der Waals surface area (Å²) in [5.41, 5.74) is 0. The lowest BCUT2D eigenvalue weighted by Gasteiger charge is -2.32. The lowest BCUT2D eigenvalue weighted by Crippen LogP contribution is -2.38. The second-order valence-electron chi connectivity index (χ2n) is 4.31. The van der Waals surface area contributed by atoms with Gasteiger partial charge in [0.15, 0.2) is 12.1 Å². The number of hydrogen-bond acceptors (Lipinski definition) is 4. The standard InChI is InChI=1S/C14H30O4/c1-6-10-11-18-14(5,17-9-4)12-13(15-7-2)16-8-3/h13H,6-12H2,1-5H3. The minimum absolute atomic E-state index is 0.266. The highest BCUT2D eigenvalue weighted by molar-refractivity contribution is 4.66. The molecule has 0 saturated carbocycles.